The van der Waals surface area contributed by atoms with Crippen LogP contribution in [0.1, 0.15) is 10.6 Å². The lowest BCUT2D eigenvalue weighted by Gasteiger charge is -2.07. The second-order valence-electron chi connectivity index (χ2n) is 3.61. The minimum Gasteiger partial charge on any atom is -0.330 e. The van der Waals surface area contributed by atoms with Crippen LogP contribution in [-0.2, 0) is 12.4 Å². The van der Waals surface area contributed by atoms with Crippen molar-refractivity contribution in [2.45, 2.75) is 12.4 Å². The first-order chi connectivity index (χ1) is 9.16. The Morgan fingerprint density at radius 3 is 1.90 bits per heavy atom. The van der Waals surface area contributed by atoms with Crippen LogP contribution in [0.2, 0.25) is 0 Å². The number of rotatable bonds is 2. The second-order valence-corrected chi connectivity index (χ2v) is 4.59. The molecule has 0 amide bonds. The monoisotopic (exact) mass is 313 g/mol. The fourth-order valence-corrected chi connectivity index (χ4v) is 1.89. The highest BCUT2D eigenvalue weighted by molar-refractivity contribution is 7.15. The number of halogens is 6. The van der Waals surface area contributed by atoms with E-state index in [1.807, 2.05) is 0 Å². The number of anilines is 2. The zero-order valence-electron chi connectivity index (χ0n) is 9.38. The Bertz CT molecular complexity index is 586. The summed E-state index contributed by atoms with van der Waals surface area (Å²) < 4.78 is 73.8. The molecule has 2 aromatic rings. The van der Waals surface area contributed by atoms with Gasteiger partial charge in [0.15, 0.2) is 0 Å². The molecule has 1 heterocycles. The Morgan fingerprint density at radius 2 is 1.45 bits per heavy atom. The average molecular weight is 313 g/mol. The van der Waals surface area contributed by atoms with Gasteiger partial charge in [-0.15, -0.1) is 10.2 Å². The summed E-state index contributed by atoms with van der Waals surface area (Å²) in [5.74, 6) is 0. The highest BCUT2D eigenvalue weighted by Crippen LogP contribution is 2.34. The maximum Gasteiger partial charge on any atom is 0.445 e. The topological polar surface area (TPSA) is 37.8 Å². The lowest BCUT2D eigenvalue weighted by Crippen LogP contribution is -2.04. The van der Waals surface area contributed by atoms with Crippen LogP contribution in [0.15, 0.2) is 24.3 Å². The Kier molecular flexibility index (Phi) is 3.59. The van der Waals surface area contributed by atoms with Gasteiger partial charge in [0.25, 0.3) is 0 Å². The molecule has 0 saturated heterocycles. The van der Waals surface area contributed by atoms with Crippen LogP contribution in [-0.4, -0.2) is 10.2 Å². The number of nitrogens with one attached hydrogen (secondary N) is 1. The van der Waals surface area contributed by atoms with E-state index in [1.54, 1.807) is 0 Å². The van der Waals surface area contributed by atoms with Crippen molar-refractivity contribution in [2.75, 3.05) is 5.32 Å². The zero-order valence-corrected chi connectivity index (χ0v) is 10.2. The van der Waals surface area contributed by atoms with Crippen molar-refractivity contribution in [1.82, 2.24) is 10.2 Å². The Hall–Kier alpha value is -1.84. The van der Waals surface area contributed by atoms with Crippen molar-refractivity contribution in [3.8, 4) is 0 Å². The summed E-state index contributed by atoms with van der Waals surface area (Å²) in [6.07, 6.45) is -9.07. The fraction of sp³-hybridized carbons (Fsp3) is 0.200. The van der Waals surface area contributed by atoms with Gasteiger partial charge in [-0.2, -0.15) is 26.3 Å². The van der Waals surface area contributed by atoms with Crippen molar-refractivity contribution in [3.63, 3.8) is 0 Å². The average Bonchev–Trinajstić information content (AvgIpc) is 2.77. The van der Waals surface area contributed by atoms with Crippen LogP contribution >= 0.6 is 11.3 Å². The van der Waals surface area contributed by atoms with E-state index >= 15 is 0 Å². The molecule has 1 aromatic heterocycles. The molecule has 2 rings (SSSR count). The molecule has 0 unspecified atom stereocenters. The van der Waals surface area contributed by atoms with E-state index in [0.717, 1.165) is 24.3 Å². The molecule has 0 spiro atoms. The molecule has 0 aliphatic carbocycles. The van der Waals surface area contributed by atoms with Crippen molar-refractivity contribution < 1.29 is 26.3 Å². The minimum absolute atomic E-state index is 0.155. The predicted molar refractivity (Wildman–Crippen MR) is 59.6 cm³/mol. The normalized spacial score (nSPS) is 12.5. The van der Waals surface area contributed by atoms with Crippen LogP contribution in [0.3, 0.4) is 0 Å². The molecule has 0 aliphatic rings. The highest BCUT2D eigenvalue weighted by Gasteiger charge is 2.35. The van der Waals surface area contributed by atoms with Gasteiger partial charge in [0.05, 0.1) is 5.56 Å². The van der Waals surface area contributed by atoms with Gasteiger partial charge in [-0.25, -0.2) is 0 Å². The van der Waals surface area contributed by atoms with Gasteiger partial charge >= 0.3 is 12.4 Å². The molecular formula is C10H5F6N3S. The summed E-state index contributed by atoms with van der Waals surface area (Å²) in [6, 6.07) is 3.82. The third kappa shape index (κ3) is 3.38. The summed E-state index contributed by atoms with van der Waals surface area (Å²) in [6.45, 7) is 0. The molecular weight excluding hydrogens is 308 g/mol. The van der Waals surface area contributed by atoms with E-state index < -0.39 is 22.9 Å². The molecule has 108 valence electrons. The van der Waals surface area contributed by atoms with Crippen molar-refractivity contribution in [3.05, 3.63) is 34.8 Å². The van der Waals surface area contributed by atoms with E-state index in [0.29, 0.717) is 0 Å². The molecule has 0 aliphatic heterocycles. The molecule has 0 fully saturated rings. The third-order valence-corrected chi connectivity index (χ3v) is 3.01. The molecule has 0 saturated carbocycles. The van der Waals surface area contributed by atoms with Gasteiger partial charge < -0.3 is 5.32 Å². The molecule has 10 heteroatoms. The largest absolute Gasteiger partial charge is 0.445 e. The first-order valence-corrected chi connectivity index (χ1v) is 5.83. The van der Waals surface area contributed by atoms with Gasteiger partial charge in [-0.3, -0.25) is 0 Å². The van der Waals surface area contributed by atoms with Crippen LogP contribution in [0.25, 0.3) is 0 Å². The number of nitrogens with zero attached hydrogens (tertiary/aromatic N) is 2. The number of hydrogen-bond donors (Lipinski definition) is 1. The lowest BCUT2D eigenvalue weighted by atomic mass is 10.2. The minimum atomic E-state index is -4.60. The number of benzene rings is 1. The maximum atomic E-state index is 12.3. The Labute approximate surface area is 112 Å². The first-order valence-electron chi connectivity index (χ1n) is 5.01. The molecule has 0 radical (unpaired) electrons. The van der Waals surface area contributed by atoms with E-state index in [4.69, 9.17) is 0 Å². The quantitative estimate of drug-likeness (QED) is 0.839. The lowest BCUT2D eigenvalue weighted by molar-refractivity contribution is -0.138. The summed E-state index contributed by atoms with van der Waals surface area (Å²) in [5.41, 5.74) is -0.667. The smallest absolute Gasteiger partial charge is 0.330 e. The second kappa shape index (κ2) is 4.93. The van der Waals surface area contributed by atoms with Gasteiger partial charge in [0.1, 0.15) is 0 Å². The standard InChI is InChI=1S/C10H5F6N3S/c11-9(12,13)5-1-3-6(4-2-5)17-8-19-18-7(20-8)10(14,15)16/h1-4H,(H,17,19). The van der Waals surface area contributed by atoms with Crippen molar-refractivity contribution in [2.24, 2.45) is 0 Å². The number of aromatic nitrogens is 2. The Balaban J connectivity index is 2.13. The number of hydrogen-bond acceptors (Lipinski definition) is 4. The van der Waals surface area contributed by atoms with Crippen molar-refractivity contribution >= 4 is 22.2 Å². The van der Waals surface area contributed by atoms with Crippen LogP contribution in [0, 0.1) is 0 Å². The predicted octanol–water partition coefficient (Wildman–Crippen LogP) is 4.32. The fourth-order valence-electron chi connectivity index (χ4n) is 1.25. The van der Waals surface area contributed by atoms with E-state index in [9.17, 15) is 26.3 Å². The first kappa shape index (κ1) is 14.6. The van der Waals surface area contributed by atoms with Crippen LogP contribution in [0.5, 0.6) is 0 Å². The Morgan fingerprint density at radius 1 is 0.850 bits per heavy atom. The van der Waals surface area contributed by atoms with Crippen LogP contribution < -0.4 is 5.32 Å². The molecule has 3 nitrogen and oxygen atoms in total. The summed E-state index contributed by atoms with van der Waals surface area (Å²) in [5, 5.41) is 7.37. The van der Waals surface area contributed by atoms with Gasteiger partial charge in [0.2, 0.25) is 10.1 Å². The van der Waals surface area contributed by atoms with Crippen LogP contribution in [0.4, 0.5) is 37.2 Å². The number of alkyl halides is 6. The molecule has 20 heavy (non-hydrogen) atoms. The summed E-state index contributed by atoms with van der Waals surface area (Å²) in [4.78, 5) is 0. The SMILES string of the molecule is FC(F)(F)c1ccc(Nc2nnc(C(F)(F)F)s2)cc1. The van der Waals surface area contributed by atoms with E-state index in [1.165, 1.54) is 0 Å². The maximum absolute atomic E-state index is 12.3. The van der Waals surface area contributed by atoms with Gasteiger partial charge in [-0.1, -0.05) is 11.3 Å². The molecule has 1 N–H and O–H groups in total. The van der Waals surface area contributed by atoms with Crippen molar-refractivity contribution in [1.29, 1.82) is 0 Å². The molecule has 0 bridgehead atoms. The van der Waals surface area contributed by atoms with E-state index in [-0.39, 0.29) is 22.2 Å². The van der Waals surface area contributed by atoms with E-state index in [2.05, 4.69) is 15.5 Å². The molecule has 0 atom stereocenters. The van der Waals surface area contributed by atoms with Gasteiger partial charge in [0, 0.05) is 5.69 Å². The highest BCUT2D eigenvalue weighted by atomic mass is 32.1. The van der Waals surface area contributed by atoms with Gasteiger partial charge in [-0.05, 0) is 24.3 Å². The third-order valence-electron chi connectivity index (χ3n) is 2.13. The molecule has 1 aromatic carbocycles. The summed E-state index contributed by atoms with van der Waals surface area (Å²) in [7, 11) is 0. The zero-order chi connectivity index (χ0) is 15.0. The summed E-state index contributed by atoms with van der Waals surface area (Å²) >= 11 is 0.264.